The van der Waals surface area contributed by atoms with Crippen LogP contribution in [-0.2, 0) is 9.05 Å². The summed E-state index contributed by atoms with van der Waals surface area (Å²) in [6.45, 7) is 2.17. The van der Waals surface area contributed by atoms with E-state index in [1.54, 1.807) is 7.11 Å². The Balaban J connectivity index is 1.81. The molecule has 80 valence electrons. The molecule has 4 heteroatoms. The molecule has 0 amide bonds. The Morgan fingerprint density at radius 3 is 3.07 bits per heavy atom. The topological polar surface area (TPSA) is 21.7 Å². The molecule has 3 nitrogen and oxygen atoms in total. The number of rotatable bonds is 1. The van der Waals surface area contributed by atoms with Crippen LogP contribution in [0.4, 0.5) is 0 Å². The van der Waals surface area contributed by atoms with Crippen LogP contribution in [0.5, 0.6) is 0 Å². The molecule has 0 radical (unpaired) electrons. The molecule has 0 aromatic heterocycles. The molecule has 1 aliphatic carbocycles. The molecule has 2 aliphatic heterocycles. The Kier molecular flexibility index (Phi) is 2.53. The van der Waals surface area contributed by atoms with Gasteiger partial charge < -0.3 is 9.05 Å². The van der Waals surface area contributed by atoms with Gasteiger partial charge in [0.1, 0.15) is 0 Å². The number of hydrogen-bond acceptors (Lipinski definition) is 3. The van der Waals surface area contributed by atoms with Gasteiger partial charge in [0.2, 0.25) is 0 Å². The zero-order valence-electron chi connectivity index (χ0n) is 8.69. The van der Waals surface area contributed by atoms with Crippen molar-refractivity contribution in [2.75, 3.05) is 20.3 Å². The second-order valence-corrected chi connectivity index (χ2v) is 6.23. The summed E-state index contributed by atoms with van der Waals surface area (Å²) in [5.74, 6) is 1.71. The third kappa shape index (κ3) is 1.34. The SMILES string of the molecule is COP1OC[C@@H]2CN1[C@@H]1CCCC[C@H]21. The van der Waals surface area contributed by atoms with E-state index >= 15 is 0 Å². The first-order chi connectivity index (χ1) is 6.90. The van der Waals surface area contributed by atoms with Crippen LogP contribution in [0.25, 0.3) is 0 Å². The van der Waals surface area contributed by atoms with E-state index in [1.807, 2.05) is 0 Å². The smallest absolute Gasteiger partial charge is 0.258 e. The number of hydrogen-bond donors (Lipinski definition) is 0. The Morgan fingerprint density at radius 1 is 1.36 bits per heavy atom. The predicted molar refractivity (Wildman–Crippen MR) is 55.8 cm³/mol. The second kappa shape index (κ2) is 3.71. The maximum Gasteiger partial charge on any atom is 0.258 e. The summed E-state index contributed by atoms with van der Waals surface area (Å²) >= 11 is 0. The number of fused-ring (bicyclic) bond motifs is 5. The Bertz CT molecular complexity index is 226. The average Bonchev–Trinajstić information content (AvgIpc) is 2.55. The van der Waals surface area contributed by atoms with Gasteiger partial charge in [0.15, 0.2) is 0 Å². The van der Waals surface area contributed by atoms with E-state index in [0.29, 0.717) is 0 Å². The first kappa shape index (κ1) is 9.53. The summed E-state index contributed by atoms with van der Waals surface area (Å²) in [4.78, 5) is 0. The van der Waals surface area contributed by atoms with Crippen LogP contribution in [0.2, 0.25) is 0 Å². The van der Waals surface area contributed by atoms with Crippen LogP contribution in [0.15, 0.2) is 0 Å². The summed E-state index contributed by atoms with van der Waals surface area (Å²) in [5, 5.41) is 0. The Labute approximate surface area is 86.7 Å². The van der Waals surface area contributed by atoms with E-state index in [2.05, 4.69) is 4.67 Å². The molecule has 0 aromatic carbocycles. The molecular weight excluding hydrogens is 197 g/mol. The van der Waals surface area contributed by atoms with Crippen LogP contribution in [0, 0.1) is 11.8 Å². The van der Waals surface area contributed by atoms with Gasteiger partial charge in [-0.3, -0.25) is 0 Å². The second-order valence-electron chi connectivity index (χ2n) is 4.61. The van der Waals surface area contributed by atoms with E-state index in [4.69, 9.17) is 9.05 Å². The Morgan fingerprint density at radius 2 is 2.21 bits per heavy atom. The highest BCUT2D eigenvalue weighted by Gasteiger charge is 2.49. The van der Waals surface area contributed by atoms with Gasteiger partial charge in [-0.05, 0) is 18.8 Å². The summed E-state index contributed by atoms with van der Waals surface area (Å²) in [6.07, 6.45) is 5.61. The molecule has 0 N–H and O–H groups in total. The van der Waals surface area contributed by atoms with Crippen molar-refractivity contribution in [1.29, 1.82) is 0 Å². The highest BCUT2D eigenvalue weighted by atomic mass is 31.2. The standard InChI is InChI=1S/C10H18NO2P/c1-12-14-11-6-8(7-13-14)9-4-2-3-5-10(9)11/h8-10H,2-7H2,1H3/t8-,9+,10+,14?/m0/s1. The third-order valence-electron chi connectivity index (χ3n) is 3.96. The molecule has 0 aromatic rings. The molecule has 2 heterocycles. The molecule has 2 saturated heterocycles. The van der Waals surface area contributed by atoms with Crippen LogP contribution in [0.3, 0.4) is 0 Å². The van der Waals surface area contributed by atoms with Crippen molar-refractivity contribution in [1.82, 2.24) is 4.67 Å². The molecule has 2 unspecified atom stereocenters. The van der Waals surface area contributed by atoms with Crippen molar-refractivity contribution >= 4 is 8.53 Å². The lowest BCUT2D eigenvalue weighted by atomic mass is 9.80. The molecule has 3 fully saturated rings. The van der Waals surface area contributed by atoms with Crippen LogP contribution in [-0.4, -0.2) is 31.0 Å². The third-order valence-corrected chi connectivity index (χ3v) is 5.52. The maximum atomic E-state index is 5.77. The van der Waals surface area contributed by atoms with Gasteiger partial charge in [0, 0.05) is 25.6 Å². The van der Waals surface area contributed by atoms with Crippen molar-refractivity contribution in [3.63, 3.8) is 0 Å². The summed E-state index contributed by atoms with van der Waals surface area (Å²) in [5.41, 5.74) is 0. The van der Waals surface area contributed by atoms with E-state index in [9.17, 15) is 0 Å². The minimum absolute atomic E-state index is 0.702. The predicted octanol–water partition coefficient (Wildman–Crippen LogP) is 2.38. The maximum absolute atomic E-state index is 5.77. The zero-order chi connectivity index (χ0) is 9.54. The molecular formula is C10H18NO2P. The van der Waals surface area contributed by atoms with Crippen molar-refractivity contribution < 1.29 is 9.05 Å². The van der Waals surface area contributed by atoms with E-state index in [-0.39, 0.29) is 0 Å². The minimum Gasteiger partial charge on any atom is -0.325 e. The molecule has 5 atom stereocenters. The van der Waals surface area contributed by atoms with Gasteiger partial charge in [0.05, 0.1) is 6.61 Å². The summed E-state index contributed by atoms with van der Waals surface area (Å²) < 4.78 is 13.7. The van der Waals surface area contributed by atoms with Crippen LogP contribution < -0.4 is 0 Å². The first-order valence-corrected chi connectivity index (χ1v) is 6.77. The quantitative estimate of drug-likeness (QED) is 0.627. The largest absolute Gasteiger partial charge is 0.325 e. The monoisotopic (exact) mass is 215 g/mol. The van der Waals surface area contributed by atoms with Crippen molar-refractivity contribution in [3.05, 3.63) is 0 Å². The lowest BCUT2D eigenvalue weighted by Crippen LogP contribution is -2.31. The van der Waals surface area contributed by atoms with Crippen LogP contribution >= 0.6 is 8.53 Å². The first-order valence-electron chi connectivity index (χ1n) is 5.64. The summed E-state index contributed by atoms with van der Waals surface area (Å²) in [7, 11) is 1.08. The number of nitrogens with zero attached hydrogens (tertiary/aromatic N) is 1. The van der Waals surface area contributed by atoms with Gasteiger partial charge in [-0.25, -0.2) is 4.67 Å². The van der Waals surface area contributed by atoms with Crippen molar-refractivity contribution in [2.24, 2.45) is 11.8 Å². The molecule has 14 heavy (non-hydrogen) atoms. The zero-order valence-corrected chi connectivity index (χ0v) is 9.58. The minimum atomic E-state index is -0.702. The highest BCUT2D eigenvalue weighted by Crippen LogP contribution is 2.57. The highest BCUT2D eigenvalue weighted by molar-refractivity contribution is 7.44. The van der Waals surface area contributed by atoms with E-state index < -0.39 is 8.53 Å². The van der Waals surface area contributed by atoms with Gasteiger partial charge in [0.25, 0.3) is 8.53 Å². The molecule has 0 spiro atoms. The average molecular weight is 215 g/mol. The lowest BCUT2D eigenvalue weighted by molar-refractivity contribution is 0.171. The van der Waals surface area contributed by atoms with Crippen molar-refractivity contribution in [3.8, 4) is 0 Å². The van der Waals surface area contributed by atoms with Crippen LogP contribution in [0.1, 0.15) is 25.7 Å². The van der Waals surface area contributed by atoms with Gasteiger partial charge >= 0.3 is 0 Å². The van der Waals surface area contributed by atoms with Gasteiger partial charge in [-0.15, -0.1) is 0 Å². The van der Waals surface area contributed by atoms with Crippen molar-refractivity contribution in [2.45, 2.75) is 31.7 Å². The van der Waals surface area contributed by atoms with E-state index in [0.717, 1.165) is 24.5 Å². The molecule has 2 bridgehead atoms. The lowest BCUT2D eigenvalue weighted by Gasteiger charge is -2.33. The van der Waals surface area contributed by atoms with Gasteiger partial charge in [-0.1, -0.05) is 12.8 Å². The normalized spacial score (nSPS) is 51.6. The fraction of sp³-hybridized carbons (Fsp3) is 1.00. The molecule has 3 rings (SSSR count). The Hall–Kier alpha value is 0.310. The molecule has 3 aliphatic rings. The fourth-order valence-corrected chi connectivity index (χ4v) is 4.98. The molecule has 1 saturated carbocycles. The van der Waals surface area contributed by atoms with E-state index in [1.165, 1.54) is 32.2 Å². The summed E-state index contributed by atoms with van der Waals surface area (Å²) in [6, 6.07) is 0.780. The fourth-order valence-electron chi connectivity index (χ4n) is 3.33. The van der Waals surface area contributed by atoms with Gasteiger partial charge in [-0.2, -0.15) is 0 Å².